The van der Waals surface area contributed by atoms with Crippen LogP contribution in [0.1, 0.15) is 35.3 Å². The van der Waals surface area contributed by atoms with Crippen molar-refractivity contribution in [2.75, 3.05) is 6.54 Å². The molecule has 28 heavy (non-hydrogen) atoms. The lowest BCUT2D eigenvalue weighted by Gasteiger charge is -2.34. The summed E-state index contributed by atoms with van der Waals surface area (Å²) in [7, 11) is 2.96. The quantitative estimate of drug-likeness (QED) is 0.826. The third-order valence-electron chi connectivity index (χ3n) is 5.16. The van der Waals surface area contributed by atoms with Gasteiger partial charge in [0.25, 0.3) is 11.5 Å². The Balaban J connectivity index is 1.75. The molecule has 1 aromatic carbocycles. The van der Waals surface area contributed by atoms with Crippen LogP contribution in [0.4, 0.5) is 0 Å². The molecule has 2 aromatic rings. The van der Waals surface area contributed by atoms with Gasteiger partial charge in [0, 0.05) is 38.0 Å². The Kier molecular flexibility index (Phi) is 5.77. The molecule has 1 aliphatic rings. The Morgan fingerprint density at radius 1 is 1.07 bits per heavy atom. The monoisotopic (exact) mass is 384 g/mol. The van der Waals surface area contributed by atoms with Crippen molar-refractivity contribution >= 4 is 11.8 Å². The minimum Gasteiger partial charge on any atom is -0.349 e. The highest BCUT2D eigenvalue weighted by atomic mass is 16.2. The fourth-order valence-electron chi connectivity index (χ4n) is 3.44. The van der Waals surface area contributed by atoms with Gasteiger partial charge in [-0.1, -0.05) is 18.2 Å². The maximum atomic E-state index is 12.8. The average molecular weight is 384 g/mol. The first-order valence-corrected chi connectivity index (χ1v) is 9.30. The van der Waals surface area contributed by atoms with Crippen LogP contribution in [0.25, 0.3) is 0 Å². The Hall–Kier alpha value is -3.16. The molecular formula is C20H24N4O4. The average Bonchev–Trinajstić information content (AvgIpc) is 2.73. The number of nitrogens with zero attached hydrogens (tertiary/aromatic N) is 3. The molecule has 1 fully saturated rings. The van der Waals surface area contributed by atoms with Gasteiger partial charge in [0.1, 0.15) is 6.04 Å². The molecule has 1 aromatic heterocycles. The number of rotatable bonds is 4. The van der Waals surface area contributed by atoms with Crippen LogP contribution in [0.2, 0.25) is 0 Å². The maximum absolute atomic E-state index is 12.8. The molecule has 0 bridgehead atoms. The van der Waals surface area contributed by atoms with E-state index >= 15 is 0 Å². The molecule has 8 nitrogen and oxygen atoms in total. The molecule has 1 aliphatic heterocycles. The van der Waals surface area contributed by atoms with Crippen molar-refractivity contribution in [2.24, 2.45) is 14.1 Å². The van der Waals surface area contributed by atoms with E-state index in [0.717, 1.165) is 17.4 Å². The predicted octanol–water partition coefficient (Wildman–Crippen LogP) is 0.395. The van der Waals surface area contributed by atoms with Gasteiger partial charge in [-0.15, -0.1) is 0 Å². The lowest BCUT2D eigenvalue weighted by molar-refractivity contribution is -0.126. The number of amides is 2. The molecule has 8 heteroatoms. The summed E-state index contributed by atoms with van der Waals surface area (Å²) >= 11 is 0. The highest BCUT2D eigenvalue weighted by Gasteiger charge is 2.32. The minimum absolute atomic E-state index is 0.0462. The molecule has 148 valence electrons. The van der Waals surface area contributed by atoms with Gasteiger partial charge >= 0.3 is 5.69 Å². The topological polar surface area (TPSA) is 93.4 Å². The van der Waals surface area contributed by atoms with E-state index in [9.17, 15) is 19.2 Å². The molecule has 2 amide bonds. The molecule has 3 rings (SSSR count). The number of benzene rings is 1. The summed E-state index contributed by atoms with van der Waals surface area (Å²) in [6, 6.07) is 9.67. The summed E-state index contributed by atoms with van der Waals surface area (Å²) < 4.78 is 2.34. The van der Waals surface area contributed by atoms with E-state index in [-0.39, 0.29) is 18.4 Å². The molecule has 1 unspecified atom stereocenters. The number of piperidine rings is 1. The van der Waals surface area contributed by atoms with Gasteiger partial charge in [0.15, 0.2) is 0 Å². The van der Waals surface area contributed by atoms with E-state index < -0.39 is 17.3 Å². The number of nitrogens with one attached hydrogen (secondary N) is 1. The predicted molar refractivity (Wildman–Crippen MR) is 104 cm³/mol. The summed E-state index contributed by atoms with van der Waals surface area (Å²) in [6.07, 6.45) is 2.30. The number of likely N-dealkylation sites (tertiary alicyclic amines) is 1. The summed E-state index contributed by atoms with van der Waals surface area (Å²) in [6.45, 7) is 0.570. The van der Waals surface area contributed by atoms with Crippen molar-refractivity contribution in [1.29, 1.82) is 0 Å². The first-order valence-electron chi connectivity index (χ1n) is 9.30. The second-order valence-corrected chi connectivity index (χ2v) is 6.97. The third kappa shape index (κ3) is 3.90. The fourth-order valence-corrected chi connectivity index (χ4v) is 3.44. The van der Waals surface area contributed by atoms with Crippen LogP contribution in [0, 0.1) is 0 Å². The van der Waals surface area contributed by atoms with Crippen LogP contribution < -0.4 is 16.6 Å². The standard InChI is InChI=1S/C20H24N4O4/c1-22-15(12-17(25)23(2)20(22)28)13-21-18(26)16-10-6-7-11-24(16)19(27)14-8-4-3-5-9-14/h3-5,8-9,12,16H,6-7,10-11,13H2,1-2H3,(H,21,26). The summed E-state index contributed by atoms with van der Waals surface area (Å²) in [5, 5.41) is 2.78. The highest BCUT2D eigenvalue weighted by molar-refractivity contribution is 5.97. The molecule has 2 heterocycles. The van der Waals surface area contributed by atoms with Gasteiger partial charge in [0.05, 0.1) is 6.54 Å². The largest absolute Gasteiger partial charge is 0.349 e. The van der Waals surface area contributed by atoms with Crippen molar-refractivity contribution < 1.29 is 9.59 Å². The van der Waals surface area contributed by atoms with Crippen LogP contribution in [0.15, 0.2) is 46.0 Å². The molecule has 1 saturated heterocycles. The molecule has 0 saturated carbocycles. The zero-order valence-electron chi connectivity index (χ0n) is 16.1. The first-order chi connectivity index (χ1) is 13.4. The maximum Gasteiger partial charge on any atom is 0.330 e. The molecule has 0 radical (unpaired) electrons. The fraction of sp³-hybridized carbons (Fsp3) is 0.400. The Morgan fingerprint density at radius 2 is 1.79 bits per heavy atom. The summed E-state index contributed by atoms with van der Waals surface area (Å²) in [5.41, 5.74) is 0.0931. The smallest absolute Gasteiger partial charge is 0.330 e. The molecule has 1 N–H and O–H groups in total. The van der Waals surface area contributed by atoms with E-state index in [2.05, 4.69) is 5.32 Å². The van der Waals surface area contributed by atoms with Gasteiger partial charge in [-0.2, -0.15) is 0 Å². The van der Waals surface area contributed by atoms with Gasteiger partial charge < -0.3 is 10.2 Å². The van der Waals surface area contributed by atoms with E-state index in [4.69, 9.17) is 0 Å². The number of carbonyl (C=O) groups excluding carboxylic acids is 2. The third-order valence-corrected chi connectivity index (χ3v) is 5.16. The number of carbonyl (C=O) groups is 2. The van der Waals surface area contributed by atoms with Crippen molar-refractivity contribution in [3.8, 4) is 0 Å². The van der Waals surface area contributed by atoms with Crippen LogP contribution in [0.5, 0.6) is 0 Å². The zero-order valence-corrected chi connectivity index (χ0v) is 16.1. The van der Waals surface area contributed by atoms with E-state index in [1.807, 2.05) is 6.07 Å². The van der Waals surface area contributed by atoms with Gasteiger partial charge in [-0.25, -0.2) is 4.79 Å². The van der Waals surface area contributed by atoms with Gasteiger partial charge in [0.2, 0.25) is 5.91 Å². The minimum atomic E-state index is -0.565. The molecule has 0 aliphatic carbocycles. The SMILES string of the molecule is Cn1c(CNC(=O)C2CCCCN2C(=O)c2ccccc2)cc(=O)n(C)c1=O. The first kappa shape index (κ1) is 19.6. The Labute approximate surface area is 162 Å². The lowest BCUT2D eigenvalue weighted by atomic mass is 10.00. The van der Waals surface area contributed by atoms with E-state index in [1.54, 1.807) is 36.2 Å². The van der Waals surface area contributed by atoms with Crippen molar-refractivity contribution in [2.45, 2.75) is 31.8 Å². The second-order valence-electron chi connectivity index (χ2n) is 6.97. The number of aromatic nitrogens is 2. The van der Waals surface area contributed by atoms with Gasteiger partial charge in [-0.3, -0.25) is 23.5 Å². The number of hydrogen-bond donors (Lipinski definition) is 1. The van der Waals surface area contributed by atoms with Gasteiger partial charge in [-0.05, 0) is 31.4 Å². The second kappa shape index (κ2) is 8.24. The van der Waals surface area contributed by atoms with E-state index in [0.29, 0.717) is 24.2 Å². The van der Waals surface area contributed by atoms with Crippen molar-refractivity contribution in [3.63, 3.8) is 0 Å². The Morgan fingerprint density at radius 3 is 2.50 bits per heavy atom. The Bertz CT molecular complexity index is 994. The van der Waals surface area contributed by atoms with Crippen LogP contribution in [-0.2, 0) is 25.4 Å². The molecular weight excluding hydrogens is 360 g/mol. The zero-order chi connectivity index (χ0) is 20.3. The summed E-state index contributed by atoms with van der Waals surface area (Å²) in [4.78, 5) is 51.1. The molecule has 1 atom stereocenters. The van der Waals surface area contributed by atoms with Crippen molar-refractivity contribution in [1.82, 2.24) is 19.4 Å². The van der Waals surface area contributed by atoms with Crippen LogP contribution in [0.3, 0.4) is 0 Å². The normalized spacial score (nSPS) is 16.6. The lowest BCUT2D eigenvalue weighted by Crippen LogP contribution is -2.52. The highest BCUT2D eigenvalue weighted by Crippen LogP contribution is 2.20. The summed E-state index contributed by atoms with van der Waals surface area (Å²) in [5.74, 6) is -0.446. The van der Waals surface area contributed by atoms with Crippen molar-refractivity contribution in [3.05, 3.63) is 68.5 Å². The van der Waals surface area contributed by atoms with Crippen LogP contribution in [-0.4, -0.2) is 38.4 Å². The molecule has 0 spiro atoms. The number of hydrogen-bond acceptors (Lipinski definition) is 4. The van der Waals surface area contributed by atoms with E-state index in [1.165, 1.54) is 17.7 Å². The van der Waals surface area contributed by atoms with Crippen LogP contribution >= 0.6 is 0 Å².